The van der Waals surface area contributed by atoms with Crippen LogP contribution in [0.1, 0.15) is 77.0 Å². The molecular weight excluding hydrogens is 336 g/mol. The van der Waals surface area contributed by atoms with Gasteiger partial charge in [-0.25, -0.2) is 0 Å². The molecule has 0 aliphatic heterocycles. The van der Waals surface area contributed by atoms with Crippen molar-refractivity contribution in [1.82, 2.24) is 5.32 Å². The van der Waals surface area contributed by atoms with Gasteiger partial charge in [0.05, 0.1) is 0 Å². The van der Waals surface area contributed by atoms with Gasteiger partial charge in [0.15, 0.2) is 0 Å². The molecule has 4 N–H and O–H groups in total. The topological polar surface area (TPSA) is 75.3 Å². The van der Waals surface area contributed by atoms with Crippen LogP contribution in [0.4, 0.5) is 0 Å². The molecule has 0 saturated heterocycles. The zero-order valence-electron chi connectivity index (χ0n) is 15.3. The summed E-state index contributed by atoms with van der Waals surface area (Å²) in [4.78, 5) is 12.7. The Morgan fingerprint density at radius 1 is 1.04 bits per heavy atom. The van der Waals surface area contributed by atoms with E-state index in [2.05, 4.69) is 5.32 Å². The SMILES string of the molecule is Cl.N[C@H](CC1CCCCC1)C(O)C(=O)NC12CC3CC(CC(C3)C1)C2. The van der Waals surface area contributed by atoms with Crippen LogP contribution in [0.25, 0.3) is 0 Å². The van der Waals surface area contributed by atoms with Gasteiger partial charge in [-0.3, -0.25) is 4.79 Å². The summed E-state index contributed by atoms with van der Waals surface area (Å²) < 4.78 is 0. The van der Waals surface area contributed by atoms with E-state index in [1.165, 1.54) is 51.4 Å². The fourth-order valence-electron chi connectivity index (χ4n) is 6.73. The van der Waals surface area contributed by atoms with E-state index in [1.54, 1.807) is 0 Å². The first-order valence-corrected chi connectivity index (χ1v) is 10.3. The van der Waals surface area contributed by atoms with Crippen LogP contribution in [0.2, 0.25) is 0 Å². The zero-order valence-corrected chi connectivity index (χ0v) is 16.1. The quantitative estimate of drug-likeness (QED) is 0.695. The van der Waals surface area contributed by atoms with Crippen LogP contribution in [0.15, 0.2) is 0 Å². The minimum absolute atomic E-state index is 0. The number of amides is 1. The van der Waals surface area contributed by atoms with Gasteiger partial charge in [0.2, 0.25) is 0 Å². The van der Waals surface area contributed by atoms with E-state index in [-0.39, 0.29) is 23.9 Å². The molecule has 5 heteroatoms. The first kappa shape index (κ1) is 19.4. The van der Waals surface area contributed by atoms with E-state index < -0.39 is 12.1 Å². The Morgan fingerprint density at radius 2 is 1.56 bits per heavy atom. The largest absolute Gasteiger partial charge is 0.382 e. The molecule has 5 aliphatic carbocycles. The van der Waals surface area contributed by atoms with Crippen molar-refractivity contribution < 1.29 is 9.90 Å². The lowest BCUT2D eigenvalue weighted by Crippen LogP contribution is -2.62. The highest BCUT2D eigenvalue weighted by Crippen LogP contribution is 2.55. The summed E-state index contributed by atoms with van der Waals surface area (Å²) in [6, 6.07) is -0.415. The second kappa shape index (κ2) is 7.74. The molecule has 5 fully saturated rings. The van der Waals surface area contributed by atoms with E-state index in [1.807, 2.05) is 0 Å². The van der Waals surface area contributed by atoms with Crippen LogP contribution in [-0.4, -0.2) is 28.7 Å². The van der Waals surface area contributed by atoms with Crippen LogP contribution >= 0.6 is 12.4 Å². The van der Waals surface area contributed by atoms with E-state index in [9.17, 15) is 9.90 Å². The molecule has 1 amide bonds. The lowest BCUT2D eigenvalue weighted by molar-refractivity contribution is -0.136. The molecule has 0 aromatic heterocycles. The third kappa shape index (κ3) is 4.17. The number of carbonyl (C=O) groups is 1. The molecule has 1 unspecified atom stereocenters. The van der Waals surface area contributed by atoms with Gasteiger partial charge in [-0.2, -0.15) is 0 Å². The molecule has 25 heavy (non-hydrogen) atoms. The Morgan fingerprint density at radius 3 is 2.08 bits per heavy atom. The number of halogens is 1. The predicted octanol–water partition coefficient (Wildman–Crippen LogP) is 3.15. The molecule has 0 spiro atoms. The molecule has 4 nitrogen and oxygen atoms in total. The average molecular weight is 371 g/mol. The Bertz CT molecular complexity index is 443. The van der Waals surface area contributed by atoms with Crippen molar-refractivity contribution >= 4 is 18.3 Å². The highest BCUT2D eigenvalue weighted by atomic mass is 35.5. The van der Waals surface area contributed by atoms with Crippen molar-refractivity contribution in [2.24, 2.45) is 29.4 Å². The van der Waals surface area contributed by atoms with Crippen LogP contribution in [0, 0.1) is 23.7 Å². The lowest BCUT2D eigenvalue weighted by Gasteiger charge is -2.57. The predicted molar refractivity (Wildman–Crippen MR) is 101 cm³/mol. The molecule has 0 radical (unpaired) electrons. The first-order valence-electron chi connectivity index (χ1n) is 10.3. The molecule has 5 rings (SSSR count). The van der Waals surface area contributed by atoms with Gasteiger partial charge in [0.1, 0.15) is 6.10 Å². The second-order valence-electron chi connectivity index (χ2n) is 9.54. The monoisotopic (exact) mass is 370 g/mol. The molecule has 2 atom stereocenters. The third-order valence-corrected chi connectivity index (χ3v) is 7.43. The van der Waals surface area contributed by atoms with Crippen molar-refractivity contribution in [2.75, 3.05) is 0 Å². The zero-order chi connectivity index (χ0) is 16.7. The van der Waals surface area contributed by atoms with Gasteiger partial charge >= 0.3 is 0 Å². The number of hydrogen-bond acceptors (Lipinski definition) is 3. The molecule has 144 valence electrons. The number of carbonyl (C=O) groups excluding carboxylic acids is 1. The highest BCUT2D eigenvalue weighted by Gasteiger charge is 2.52. The smallest absolute Gasteiger partial charge is 0.250 e. The lowest BCUT2D eigenvalue weighted by atomic mass is 9.53. The average Bonchev–Trinajstić information content (AvgIpc) is 2.53. The number of nitrogens with two attached hydrogens (primary N) is 1. The summed E-state index contributed by atoms with van der Waals surface area (Å²) in [6.07, 6.45) is 13.5. The van der Waals surface area contributed by atoms with Gasteiger partial charge in [-0.15, -0.1) is 12.4 Å². The van der Waals surface area contributed by atoms with Crippen LogP contribution in [0.5, 0.6) is 0 Å². The molecule has 0 heterocycles. The number of rotatable bonds is 5. The molecular formula is C20H35ClN2O2. The van der Waals surface area contributed by atoms with E-state index >= 15 is 0 Å². The van der Waals surface area contributed by atoms with Gasteiger partial charge in [-0.05, 0) is 68.6 Å². The van der Waals surface area contributed by atoms with Crippen molar-refractivity contribution in [2.45, 2.75) is 94.7 Å². The molecule has 5 aliphatic rings. The maximum atomic E-state index is 12.7. The number of nitrogens with one attached hydrogen (secondary N) is 1. The fraction of sp³-hybridized carbons (Fsp3) is 0.950. The Kier molecular flexibility index (Phi) is 6.02. The Labute approximate surface area is 158 Å². The van der Waals surface area contributed by atoms with Crippen molar-refractivity contribution in [3.05, 3.63) is 0 Å². The standard InChI is InChI=1S/C20H34N2O2.ClH/c21-17(9-13-4-2-1-3-5-13)18(23)19(24)22-20-10-14-6-15(11-20)8-16(7-14)12-20;/h13-18,23H,1-12,21H2,(H,22,24);1H/t14?,15?,16?,17-,18?,20?;/m1./s1. The van der Waals surface area contributed by atoms with Crippen molar-refractivity contribution in [3.63, 3.8) is 0 Å². The maximum absolute atomic E-state index is 12.7. The van der Waals surface area contributed by atoms with Crippen molar-refractivity contribution in [1.29, 1.82) is 0 Å². The minimum Gasteiger partial charge on any atom is -0.382 e. The summed E-state index contributed by atoms with van der Waals surface area (Å²) in [7, 11) is 0. The molecule has 0 aromatic rings. The van der Waals surface area contributed by atoms with Crippen LogP contribution in [-0.2, 0) is 4.79 Å². The van der Waals surface area contributed by atoms with E-state index in [0.717, 1.165) is 43.4 Å². The second-order valence-corrected chi connectivity index (χ2v) is 9.54. The van der Waals surface area contributed by atoms with Gasteiger partial charge in [0.25, 0.3) is 5.91 Å². The number of aliphatic hydroxyl groups is 1. The maximum Gasteiger partial charge on any atom is 0.250 e. The van der Waals surface area contributed by atoms with Gasteiger partial charge in [0, 0.05) is 11.6 Å². The van der Waals surface area contributed by atoms with Crippen molar-refractivity contribution in [3.8, 4) is 0 Å². The number of aliphatic hydroxyl groups excluding tert-OH is 1. The summed E-state index contributed by atoms with van der Waals surface area (Å²) >= 11 is 0. The summed E-state index contributed by atoms with van der Waals surface area (Å²) in [5.74, 6) is 2.77. The summed E-state index contributed by atoms with van der Waals surface area (Å²) in [5.41, 5.74) is 6.17. The van der Waals surface area contributed by atoms with Gasteiger partial charge < -0.3 is 16.2 Å². The normalized spacial score (nSPS) is 39.5. The summed E-state index contributed by atoms with van der Waals surface area (Å²) in [6.45, 7) is 0. The third-order valence-electron chi connectivity index (χ3n) is 7.43. The molecule has 4 bridgehead atoms. The van der Waals surface area contributed by atoms with Gasteiger partial charge in [-0.1, -0.05) is 32.1 Å². The minimum atomic E-state index is -1.04. The van der Waals surface area contributed by atoms with Crippen LogP contribution < -0.4 is 11.1 Å². The Hall–Kier alpha value is -0.320. The highest BCUT2D eigenvalue weighted by molar-refractivity contribution is 5.85. The Balaban J connectivity index is 0.00000182. The van der Waals surface area contributed by atoms with Crippen LogP contribution in [0.3, 0.4) is 0 Å². The van der Waals surface area contributed by atoms with E-state index in [4.69, 9.17) is 5.73 Å². The van der Waals surface area contributed by atoms with E-state index in [0.29, 0.717) is 5.92 Å². The fourth-order valence-corrected chi connectivity index (χ4v) is 6.73. The molecule has 5 saturated carbocycles. The molecule has 0 aromatic carbocycles. The summed E-state index contributed by atoms with van der Waals surface area (Å²) in [5, 5.41) is 13.8. The number of hydrogen-bond donors (Lipinski definition) is 3. The first-order chi connectivity index (χ1) is 11.5.